The fourth-order valence-electron chi connectivity index (χ4n) is 8.80. The van der Waals surface area contributed by atoms with Gasteiger partial charge in [-0.25, -0.2) is 14.4 Å². The lowest BCUT2D eigenvalue weighted by molar-refractivity contribution is -0.367. The third-order valence-electron chi connectivity index (χ3n) is 12.6. The van der Waals surface area contributed by atoms with Gasteiger partial charge in [-0.05, 0) is 58.7 Å². The number of carbonyl (C=O) groups is 3. The van der Waals surface area contributed by atoms with E-state index in [1.807, 2.05) is 121 Å². The monoisotopic (exact) mass is 1010 g/mol. The van der Waals surface area contributed by atoms with Gasteiger partial charge < -0.3 is 52.5 Å². The molecule has 0 spiro atoms. The molecule has 14 nitrogen and oxygen atoms in total. The van der Waals surface area contributed by atoms with Gasteiger partial charge in [-0.1, -0.05) is 176 Å². The number of aliphatic hydroxyl groups excluding tert-OH is 1. The molecular weight excluding hydrogens is 957 g/mol. The second-order valence-corrected chi connectivity index (χ2v) is 17.9. The molecular formula is C61H58O14. The van der Waals surface area contributed by atoms with Crippen LogP contribution in [-0.2, 0) is 73.8 Å². The molecule has 0 radical (unpaired) electrons. The van der Waals surface area contributed by atoms with Gasteiger partial charge in [-0.2, -0.15) is 0 Å². The highest BCUT2D eigenvalue weighted by molar-refractivity contribution is 5.91. The van der Waals surface area contributed by atoms with E-state index < -0.39 is 85.9 Å². The quantitative estimate of drug-likeness (QED) is 0.0505. The zero-order valence-corrected chi connectivity index (χ0v) is 41.0. The molecule has 10 atom stereocenters. The lowest BCUT2D eigenvalue weighted by atomic mass is 9.95. The lowest BCUT2D eigenvalue weighted by Gasteiger charge is -2.49. The van der Waals surface area contributed by atoms with Gasteiger partial charge >= 0.3 is 17.9 Å². The Morgan fingerprint density at radius 1 is 0.373 bits per heavy atom. The summed E-state index contributed by atoms with van der Waals surface area (Å²) in [5.41, 5.74) is 3.94. The van der Waals surface area contributed by atoms with Gasteiger partial charge in [0.1, 0.15) is 43.2 Å². The largest absolute Gasteiger partial charge is 0.459 e. The summed E-state index contributed by atoms with van der Waals surface area (Å²) in [4.78, 5) is 42.4. The van der Waals surface area contributed by atoms with E-state index in [0.29, 0.717) is 0 Å². The SMILES string of the molecule is O=C(OC[C@H]1O[C@H](O[C@H]2[C@H](OCc3ccccc3)[C@@H](OCc3ccccc3)[C@@H](O)O[C@@H]2COCc2ccccc2)[C@H](OCc2ccccc2)[C@@H](OC(=O)c2ccccc2)[C@@H]1OC(=O)c1ccccc1)c1ccccc1. The summed E-state index contributed by atoms with van der Waals surface area (Å²) in [6, 6.07) is 62.8. The Labute approximate surface area is 435 Å². The van der Waals surface area contributed by atoms with Crippen LogP contribution >= 0.6 is 0 Å². The highest BCUT2D eigenvalue weighted by Crippen LogP contribution is 2.36. The van der Waals surface area contributed by atoms with Crippen LogP contribution in [0.15, 0.2) is 212 Å². The van der Waals surface area contributed by atoms with E-state index in [1.165, 1.54) is 0 Å². The maximum atomic E-state index is 14.4. The van der Waals surface area contributed by atoms with E-state index >= 15 is 0 Å². The number of hydrogen-bond acceptors (Lipinski definition) is 14. The fourth-order valence-corrected chi connectivity index (χ4v) is 8.80. The van der Waals surface area contributed by atoms with Crippen LogP contribution in [0.4, 0.5) is 0 Å². The molecule has 2 heterocycles. The summed E-state index contributed by atoms with van der Waals surface area (Å²) < 4.78 is 65.8. The van der Waals surface area contributed by atoms with Gasteiger partial charge in [0.05, 0.1) is 49.7 Å². The molecule has 7 aromatic rings. The number of benzene rings is 7. The predicted molar refractivity (Wildman–Crippen MR) is 274 cm³/mol. The van der Waals surface area contributed by atoms with Crippen molar-refractivity contribution in [2.75, 3.05) is 13.2 Å². The van der Waals surface area contributed by atoms with Crippen molar-refractivity contribution >= 4 is 17.9 Å². The molecule has 2 saturated heterocycles. The number of hydrogen-bond donors (Lipinski definition) is 1. The third kappa shape index (κ3) is 14.5. The molecule has 2 aliphatic heterocycles. The van der Waals surface area contributed by atoms with Crippen LogP contribution < -0.4 is 0 Å². The predicted octanol–water partition coefficient (Wildman–Crippen LogP) is 9.09. The van der Waals surface area contributed by atoms with Gasteiger partial charge in [0.2, 0.25) is 0 Å². The van der Waals surface area contributed by atoms with Crippen molar-refractivity contribution in [1.29, 1.82) is 0 Å². The van der Waals surface area contributed by atoms with Crippen LogP contribution in [0, 0.1) is 0 Å². The van der Waals surface area contributed by atoms with Crippen LogP contribution in [0.2, 0.25) is 0 Å². The molecule has 2 aliphatic rings. The highest BCUT2D eigenvalue weighted by atomic mass is 16.8. The molecule has 0 aliphatic carbocycles. The number of esters is 3. The summed E-state index contributed by atoms with van der Waals surface area (Å²) in [5.74, 6) is -2.24. The third-order valence-corrected chi connectivity index (χ3v) is 12.6. The highest BCUT2D eigenvalue weighted by Gasteiger charge is 2.56. The maximum Gasteiger partial charge on any atom is 0.338 e. The number of carbonyl (C=O) groups excluding carboxylic acids is 3. The van der Waals surface area contributed by atoms with E-state index in [4.69, 9.17) is 47.4 Å². The summed E-state index contributed by atoms with van der Waals surface area (Å²) in [5, 5.41) is 12.0. The second kappa shape index (κ2) is 26.7. The van der Waals surface area contributed by atoms with Crippen molar-refractivity contribution in [3.05, 3.63) is 251 Å². The molecule has 14 heteroatoms. The Kier molecular flexibility index (Phi) is 18.7. The molecule has 0 unspecified atom stereocenters. The van der Waals surface area contributed by atoms with Gasteiger partial charge in [0.15, 0.2) is 24.8 Å². The van der Waals surface area contributed by atoms with Crippen molar-refractivity contribution in [2.24, 2.45) is 0 Å². The summed E-state index contributed by atoms with van der Waals surface area (Å²) in [6.07, 6.45) is -13.3. The Balaban J connectivity index is 1.14. The summed E-state index contributed by atoms with van der Waals surface area (Å²) in [6.45, 7) is -0.351. The van der Waals surface area contributed by atoms with Crippen LogP contribution in [0.1, 0.15) is 53.3 Å². The molecule has 386 valence electrons. The first-order valence-electron chi connectivity index (χ1n) is 24.8. The van der Waals surface area contributed by atoms with E-state index in [2.05, 4.69) is 0 Å². The minimum absolute atomic E-state index is 0.0542. The van der Waals surface area contributed by atoms with Gasteiger partial charge in [0, 0.05) is 0 Å². The summed E-state index contributed by atoms with van der Waals surface area (Å²) >= 11 is 0. The fraction of sp³-hybridized carbons (Fsp3) is 0.262. The topological polar surface area (TPSA) is 164 Å². The van der Waals surface area contributed by atoms with Crippen molar-refractivity contribution in [3.63, 3.8) is 0 Å². The van der Waals surface area contributed by atoms with Crippen molar-refractivity contribution in [2.45, 2.75) is 87.8 Å². The van der Waals surface area contributed by atoms with Crippen LogP contribution in [0.25, 0.3) is 0 Å². The average molecular weight is 1020 g/mol. The maximum absolute atomic E-state index is 14.4. The molecule has 7 aromatic carbocycles. The summed E-state index contributed by atoms with van der Waals surface area (Å²) in [7, 11) is 0. The Hall–Kier alpha value is -7.37. The van der Waals surface area contributed by atoms with E-state index in [-0.39, 0.29) is 49.7 Å². The number of aliphatic hydroxyl groups is 1. The van der Waals surface area contributed by atoms with Crippen LogP contribution in [-0.4, -0.2) is 97.6 Å². The lowest BCUT2D eigenvalue weighted by Crippen LogP contribution is -2.66. The molecule has 0 aromatic heterocycles. The minimum atomic E-state index is -1.54. The molecule has 0 amide bonds. The van der Waals surface area contributed by atoms with E-state index in [1.54, 1.807) is 91.0 Å². The molecule has 0 bridgehead atoms. The van der Waals surface area contributed by atoms with Gasteiger partial charge in [0.25, 0.3) is 0 Å². The Bertz CT molecular complexity index is 2810. The Morgan fingerprint density at radius 2 is 0.747 bits per heavy atom. The molecule has 9 rings (SSSR count). The first-order chi connectivity index (χ1) is 36.9. The van der Waals surface area contributed by atoms with Crippen LogP contribution in [0.5, 0.6) is 0 Å². The number of rotatable bonds is 22. The zero-order valence-electron chi connectivity index (χ0n) is 41.0. The Morgan fingerprint density at radius 3 is 1.21 bits per heavy atom. The van der Waals surface area contributed by atoms with Gasteiger partial charge in [-0.3, -0.25) is 0 Å². The van der Waals surface area contributed by atoms with Gasteiger partial charge in [-0.15, -0.1) is 0 Å². The average Bonchev–Trinajstić information content (AvgIpc) is 3.46. The van der Waals surface area contributed by atoms with Crippen molar-refractivity contribution in [3.8, 4) is 0 Å². The zero-order chi connectivity index (χ0) is 51.6. The van der Waals surface area contributed by atoms with E-state index in [9.17, 15) is 19.5 Å². The standard InChI is InChI=1S/C61H58O14/c62-57(46-30-16-5-17-31-46)70-41-50-52(73-58(63)47-32-18-6-19-33-47)54(74-59(64)48-34-20-7-21-35-48)56(69-39-45-28-14-4-15-29-45)61(72-50)75-51-49(40-66-36-42-22-8-1-9-23-42)71-60(65)55(68-38-44-26-12-3-13-27-44)53(51)67-37-43-24-10-2-11-25-43/h1-35,49-56,60-61,65H,36-41H2/t49-,50-,51-,52-,53+,54+,55-,56-,60+,61-/m1/s1. The second-order valence-electron chi connectivity index (χ2n) is 17.9. The molecule has 1 N–H and O–H groups in total. The first kappa shape index (κ1) is 52.5. The van der Waals surface area contributed by atoms with E-state index in [0.717, 1.165) is 22.3 Å². The minimum Gasteiger partial charge on any atom is -0.459 e. The van der Waals surface area contributed by atoms with Crippen LogP contribution in [0.3, 0.4) is 0 Å². The first-order valence-corrected chi connectivity index (χ1v) is 24.8. The molecule has 0 saturated carbocycles. The normalized spacial score (nSPS) is 23.4. The smallest absolute Gasteiger partial charge is 0.338 e. The van der Waals surface area contributed by atoms with Crippen molar-refractivity contribution < 1.29 is 66.9 Å². The molecule has 2 fully saturated rings. The molecule has 75 heavy (non-hydrogen) atoms. The number of ether oxygens (including phenoxy) is 10. The van der Waals surface area contributed by atoms with Crippen molar-refractivity contribution in [1.82, 2.24) is 0 Å².